The first-order valence-corrected chi connectivity index (χ1v) is 6.37. The van der Waals surface area contributed by atoms with Crippen molar-refractivity contribution in [3.63, 3.8) is 0 Å². The second kappa shape index (κ2) is 6.03. The first kappa shape index (κ1) is 16.1. The van der Waals surface area contributed by atoms with Gasteiger partial charge in [0.2, 0.25) is 0 Å². The Hall–Kier alpha value is -0.915. The molecule has 0 radical (unpaired) electrons. The van der Waals surface area contributed by atoms with Gasteiger partial charge in [0.1, 0.15) is 5.60 Å². The van der Waals surface area contributed by atoms with Crippen LogP contribution in [0.3, 0.4) is 0 Å². The lowest BCUT2D eigenvalue weighted by molar-refractivity contribution is -0.00584. The molecule has 0 aromatic heterocycles. The van der Waals surface area contributed by atoms with Gasteiger partial charge in [0.25, 0.3) is 0 Å². The lowest BCUT2D eigenvalue weighted by Crippen LogP contribution is -2.44. The average molecular weight is 282 g/mol. The van der Waals surface area contributed by atoms with Crippen LogP contribution in [0.5, 0.6) is 0 Å². The summed E-state index contributed by atoms with van der Waals surface area (Å²) in [7, 11) is 0. The molecule has 4 nitrogen and oxygen atoms in total. The van der Waals surface area contributed by atoms with Crippen molar-refractivity contribution in [1.29, 1.82) is 0 Å². The number of hydrogen-bond donors (Lipinski definition) is 0. The van der Waals surface area contributed by atoms with Crippen molar-refractivity contribution in [2.45, 2.75) is 45.3 Å². The van der Waals surface area contributed by atoms with Crippen molar-refractivity contribution < 1.29 is 27.2 Å². The molecule has 0 spiro atoms. The highest BCUT2D eigenvalue weighted by molar-refractivity contribution is 6.58. The zero-order valence-corrected chi connectivity index (χ0v) is 11.5. The highest BCUT2D eigenvalue weighted by Gasteiger charge is 2.29. The molecule has 0 aliphatic carbocycles. The minimum absolute atomic E-state index is 0.366. The molecule has 1 heterocycles. The van der Waals surface area contributed by atoms with Crippen LogP contribution in [0.15, 0.2) is 0 Å². The van der Waals surface area contributed by atoms with E-state index >= 15 is 0 Å². The van der Waals surface area contributed by atoms with Gasteiger partial charge in [0, 0.05) is 19.6 Å². The minimum atomic E-state index is -4.90. The number of likely N-dealkylation sites (tertiary alicyclic amines) is 1. The summed E-state index contributed by atoms with van der Waals surface area (Å²) in [6.07, 6.45) is -0.0373. The van der Waals surface area contributed by atoms with Crippen LogP contribution >= 0.6 is 0 Å². The van der Waals surface area contributed by atoms with Crippen molar-refractivity contribution in [2.24, 2.45) is 0 Å². The fraction of sp³-hybridized carbons (Fsp3) is 0.909. The molecule has 1 saturated heterocycles. The molecule has 1 rings (SSSR count). The van der Waals surface area contributed by atoms with Crippen LogP contribution in [0, 0.1) is 0 Å². The smallest absolute Gasteiger partial charge is 0.447 e. The van der Waals surface area contributed by atoms with Crippen LogP contribution in [-0.4, -0.2) is 49.3 Å². The predicted octanol–water partition coefficient (Wildman–Crippen LogP) is 2.79. The van der Waals surface area contributed by atoms with Gasteiger partial charge in [0.15, 0.2) is 0 Å². The summed E-state index contributed by atoms with van der Waals surface area (Å²) in [4.78, 5) is 13.2. The number of carbonyl (C=O) groups excluding carboxylic acids is 1. The Bertz CT molecular complexity index is 309. The molecule has 1 fully saturated rings. The summed E-state index contributed by atoms with van der Waals surface area (Å²) in [6.45, 7) is -0.0329. The second-order valence-corrected chi connectivity index (χ2v) is 5.71. The summed E-state index contributed by atoms with van der Waals surface area (Å²) < 4.78 is 46.2. The molecule has 0 saturated carbocycles. The first-order chi connectivity index (χ1) is 8.57. The van der Waals surface area contributed by atoms with E-state index in [1.165, 1.54) is 4.90 Å². The first-order valence-electron chi connectivity index (χ1n) is 6.37. The molecule has 8 heteroatoms. The van der Waals surface area contributed by atoms with Crippen molar-refractivity contribution in [3.05, 3.63) is 0 Å². The SMILES string of the molecule is CC(C)(C)OC(=O)N1CCC(OC[B-](F)(F)F)CC1. The maximum atomic E-state index is 12.1. The molecule has 0 N–H and O–H groups in total. The third kappa shape index (κ3) is 6.70. The largest absolute Gasteiger partial charge is 0.503 e. The Morgan fingerprint density at radius 3 is 2.21 bits per heavy atom. The third-order valence-corrected chi connectivity index (χ3v) is 2.61. The second-order valence-electron chi connectivity index (χ2n) is 5.71. The van der Waals surface area contributed by atoms with Gasteiger partial charge in [-0.2, -0.15) is 0 Å². The number of rotatable bonds is 3. The molecule has 1 aliphatic heterocycles. The Labute approximate surface area is 111 Å². The van der Waals surface area contributed by atoms with E-state index in [9.17, 15) is 17.7 Å². The van der Waals surface area contributed by atoms with E-state index in [4.69, 9.17) is 9.47 Å². The van der Waals surface area contributed by atoms with Crippen LogP contribution in [0.2, 0.25) is 0 Å². The summed E-state index contributed by atoms with van der Waals surface area (Å²) in [5.74, 6) is 0. The summed E-state index contributed by atoms with van der Waals surface area (Å²) in [5.41, 5.74) is -0.566. The number of nitrogens with zero attached hydrogens (tertiary/aromatic N) is 1. The fourth-order valence-corrected chi connectivity index (χ4v) is 1.78. The van der Waals surface area contributed by atoms with Crippen LogP contribution in [0.4, 0.5) is 17.7 Å². The van der Waals surface area contributed by atoms with Crippen LogP contribution in [0.1, 0.15) is 33.6 Å². The standard InChI is InChI=1S/C11H20BF3NO3/c1-11(2,3)19-10(17)16-6-4-9(5-7-16)18-8-12(13,14)15/h9H,4-8H2,1-3H3/q-1. The maximum Gasteiger partial charge on any atom is 0.503 e. The molecule has 0 aromatic rings. The van der Waals surface area contributed by atoms with E-state index < -0.39 is 31.3 Å². The number of piperidine rings is 1. The Balaban J connectivity index is 2.31. The zero-order valence-electron chi connectivity index (χ0n) is 11.5. The number of hydrogen-bond acceptors (Lipinski definition) is 3. The monoisotopic (exact) mass is 282 g/mol. The molecule has 19 heavy (non-hydrogen) atoms. The predicted molar refractivity (Wildman–Crippen MR) is 65.9 cm³/mol. The number of carbonyl (C=O) groups is 1. The normalized spacial score (nSPS) is 18.5. The summed E-state index contributed by atoms with van der Waals surface area (Å²) in [5, 5.41) is 0. The van der Waals surface area contributed by atoms with Gasteiger partial charge in [-0.25, -0.2) is 4.79 Å². The van der Waals surface area contributed by atoms with Crippen LogP contribution in [0.25, 0.3) is 0 Å². The lowest BCUT2D eigenvalue weighted by atomic mass is 9.94. The van der Waals surface area contributed by atoms with Gasteiger partial charge in [-0.15, -0.1) is 0 Å². The van der Waals surface area contributed by atoms with Crippen molar-refractivity contribution in [2.75, 3.05) is 19.6 Å². The van der Waals surface area contributed by atoms with Crippen LogP contribution < -0.4 is 0 Å². The average Bonchev–Trinajstić information content (AvgIpc) is 2.23. The van der Waals surface area contributed by atoms with Gasteiger partial charge in [-0.3, -0.25) is 0 Å². The van der Waals surface area contributed by atoms with E-state index in [1.807, 2.05) is 0 Å². The molecule has 0 unspecified atom stereocenters. The highest BCUT2D eigenvalue weighted by atomic mass is 19.4. The van der Waals surface area contributed by atoms with E-state index in [0.29, 0.717) is 25.9 Å². The van der Waals surface area contributed by atoms with Gasteiger partial charge in [-0.1, -0.05) is 0 Å². The number of amides is 1. The van der Waals surface area contributed by atoms with E-state index in [1.54, 1.807) is 20.8 Å². The molecule has 1 amide bonds. The van der Waals surface area contributed by atoms with Gasteiger partial charge in [-0.05, 0) is 33.6 Å². The quantitative estimate of drug-likeness (QED) is 0.747. The lowest BCUT2D eigenvalue weighted by Gasteiger charge is -2.34. The molecular formula is C11H20BF3NO3-. The fourth-order valence-electron chi connectivity index (χ4n) is 1.78. The molecule has 0 atom stereocenters. The van der Waals surface area contributed by atoms with Gasteiger partial charge >= 0.3 is 13.1 Å². The molecule has 112 valence electrons. The third-order valence-electron chi connectivity index (χ3n) is 2.61. The number of ether oxygens (including phenoxy) is 2. The van der Waals surface area contributed by atoms with Crippen molar-refractivity contribution in [3.8, 4) is 0 Å². The van der Waals surface area contributed by atoms with Crippen molar-refractivity contribution >= 4 is 13.1 Å². The summed E-state index contributed by atoms with van der Waals surface area (Å²) >= 11 is 0. The van der Waals surface area contributed by atoms with E-state index in [-0.39, 0.29) is 0 Å². The molecule has 0 aromatic carbocycles. The minimum Gasteiger partial charge on any atom is -0.447 e. The maximum absolute atomic E-state index is 12.1. The Morgan fingerprint density at radius 1 is 1.26 bits per heavy atom. The summed E-state index contributed by atoms with van der Waals surface area (Å²) in [6, 6.07) is 0. The number of halogens is 3. The molecule has 1 aliphatic rings. The van der Waals surface area contributed by atoms with Gasteiger partial charge in [0.05, 0.1) is 6.10 Å². The van der Waals surface area contributed by atoms with Gasteiger partial charge < -0.3 is 27.3 Å². The van der Waals surface area contributed by atoms with E-state index in [0.717, 1.165) is 0 Å². The molecular weight excluding hydrogens is 262 g/mol. The molecule has 0 bridgehead atoms. The highest BCUT2D eigenvalue weighted by Crippen LogP contribution is 2.19. The Morgan fingerprint density at radius 2 is 1.79 bits per heavy atom. The van der Waals surface area contributed by atoms with Crippen molar-refractivity contribution in [1.82, 2.24) is 4.90 Å². The Kier molecular flexibility index (Phi) is 5.12. The zero-order chi connectivity index (χ0) is 14.7. The van der Waals surface area contributed by atoms with E-state index in [2.05, 4.69) is 0 Å². The van der Waals surface area contributed by atoms with Crippen LogP contribution in [-0.2, 0) is 9.47 Å². The topological polar surface area (TPSA) is 38.8 Å².